The fourth-order valence-corrected chi connectivity index (χ4v) is 4.24. The van der Waals surface area contributed by atoms with Crippen molar-refractivity contribution in [2.24, 2.45) is 0 Å². The fraction of sp³-hybridized carbons (Fsp3) is 0.231. The standard InChI is InChI=1S/C26H25NO3/c1-30-26(29)23(17-9-12-18-10-3-2-4-11-18)27-25(28)24-21-15-7-5-13-19(21)20-14-6-8-16-22(20)24/h2-8,10-11,13-16,23-24H,9,12,17H2,1H3,(H,27,28)/t23-/m1/s1. The van der Waals surface area contributed by atoms with E-state index in [1.807, 2.05) is 66.7 Å². The van der Waals surface area contributed by atoms with Crippen LogP contribution in [0.1, 0.15) is 35.4 Å². The van der Waals surface area contributed by atoms with Gasteiger partial charge in [0.2, 0.25) is 5.91 Å². The summed E-state index contributed by atoms with van der Waals surface area (Å²) in [6.07, 6.45) is 2.16. The van der Waals surface area contributed by atoms with E-state index in [4.69, 9.17) is 4.74 Å². The zero-order valence-corrected chi connectivity index (χ0v) is 17.0. The van der Waals surface area contributed by atoms with Crippen molar-refractivity contribution in [1.82, 2.24) is 5.32 Å². The summed E-state index contributed by atoms with van der Waals surface area (Å²) in [6, 6.07) is 25.4. The number of carbonyl (C=O) groups is 2. The Morgan fingerprint density at radius 2 is 1.43 bits per heavy atom. The third-order valence-electron chi connectivity index (χ3n) is 5.70. The molecule has 0 bridgehead atoms. The summed E-state index contributed by atoms with van der Waals surface area (Å²) in [6.45, 7) is 0. The second kappa shape index (κ2) is 8.95. The first kappa shape index (κ1) is 19.9. The Kier molecular flexibility index (Phi) is 5.94. The van der Waals surface area contributed by atoms with Crippen molar-refractivity contribution in [2.75, 3.05) is 7.11 Å². The average Bonchev–Trinajstić information content (AvgIpc) is 3.13. The first-order valence-electron chi connectivity index (χ1n) is 10.3. The molecule has 0 heterocycles. The molecule has 1 amide bonds. The molecule has 0 spiro atoms. The minimum atomic E-state index is -0.661. The van der Waals surface area contributed by atoms with Crippen LogP contribution in [0.25, 0.3) is 11.1 Å². The smallest absolute Gasteiger partial charge is 0.328 e. The zero-order valence-electron chi connectivity index (χ0n) is 17.0. The van der Waals surface area contributed by atoms with E-state index in [1.165, 1.54) is 12.7 Å². The first-order chi connectivity index (χ1) is 14.7. The molecule has 0 saturated carbocycles. The summed E-state index contributed by atoms with van der Waals surface area (Å²) in [7, 11) is 1.36. The van der Waals surface area contributed by atoms with Gasteiger partial charge in [0.05, 0.1) is 13.0 Å². The molecule has 0 aliphatic heterocycles. The Bertz CT molecular complexity index is 999. The van der Waals surface area contributed by atoms with E-state index in [2.05, 4.69) is 17.4 Å². The lowest BCUT2D eigenvalue weighted by Crippen LogP contribution is -2.43. The molecule has 1 aliphatic rings. The lowest BCUT2D eigenvalue weighted by Gasteiger charge is -2.20. The third kappa shape index (κ3) is 3.99. The number of carbonyl (C=O) groups excluding carboxylic acids is 2. The van der Waals surface area contributed by atoms with E-state index < -0.39 is 17.9 Å². The third-order valence-corrected chi connectivity index (χ3v) is 5.70. The van der Waals surface area contributed by atoms with Gasteiger partial charge in [-0.25, -0.2) is 4.79 Å². The Balaban J connectivity index is 1.50. The van der Waals surface area contributed by atoms with E-state index in [0.29, 0.717) is 6.42 Å². The normalized spacial score (nSPS) is 13.2. The number of rotatable bonds is 7. The molecule has 1 N–H and O–H groups in total. The number of esters is 1. The van der Waals surface area contributed by atoms with Gasteiger partial charge in [-0.05, 0) is 47.1 Å². The highest BCUT2D eigenvalue weighted by molar-refractivity contribution is 5.97. The Hall–Kier alpha value is -3.40. The quantitative estimate of drug-likeness (QED) is 0.596. The van der Waals surface area contributed by atoms with Gasteiger partial charge in [0, 0.05) is 0 Å². The monoisotopic (exact) mass is 399 g/mol. The van der Waals surface area contributed by atoms with Gasteiger partial charge in [0.25, 0.3) is 0 Å². The number of nitrogens with one attached hydrogen (secondary N) is 1. The van der Waals surface area contributed by atoms with E-state index in [-0.39, 0.29) is 5.91 Å². The molecule has 3 aromatic carbocycles. The summed E-state index contributed by atoms with van der Waals surface area (Å²) in [4.78, 5) is 25.7. The van der Waals surface area contributed by atoms with Crippen LogP contribution in [0.3, 0.4) is 0 Å². The van der Waals surface area contributed by atoms with Gasteiger partial charge in [-0.1, -0.05) is 78.9 Å². The largest absolute Gasteiger partial charge is 0.467 e. The van der Waals surface area contributed by atoms with Crippen LogP contribution < -0.4 is 5.32 Å². The Morgan fingerprint density at radius 1 is 0.867 bits per heavy atom. The maximum atomic E-state index is 13.3. The molecule has 0 saturated heterocycles. The number of aryl methyl sites for hydroxylation is 1. The van der Waals surface area contributed by atoms with E-state index >= 15 is 0 Å². The molecule has 0 unspecified atom stereocenters. The predicted octanol–water partition coefficient (Wildman–Crippen LogP) is 4.48. The summed E-state index contributed by atoms with van der Waals surface area (Å²) in [5.41, 5.74) is 5.32. The molecule has 30 heavy (non-hydrogen) atoms. The SMILES string of the molecule is COC(=O)[C@@H](CCCc1ccccc1)NC(=O)C1c2ccccc2-c2ccccc21. The lowest BCUT2D eigenvalue weighted by molar-refractivity contribution is -0.145. The van der Waals surface area contributed by atoms with E-state index in [1.54, 1.807) is 0 Å². The molecule has 4 nitrogen and oxygen atoms in total. The van der Waals surface area contributed by atoms with Crippen molar-refractivity contribution in [1.29, 1.82) is 0 Å². The van der Waals surface area contributed by atoms with Gasteiger partial charge in [0.15, 0.2) is 0 Å². The lowest BCUT2D eigenvalue weighted by atomic mass is 9.95. The molecule has 0 aromatic heterocycles. The van der Waals surface area contributed by atoms with Crippen LogP contribution in [-0.2, 0) is 20.7 Å². The second-order valence-corrected chi connectivity index (χ2v) is 7.57. The highest BCUT2D eigenvalue weighted by Gasteiger charge is 2.35. The maximum absolute atomic E-state index is 13.3. The molecule has 0 radical (unpaired) electrons. The second-order valence-electron chi connectivity index (χ2n) is 7.57. The van der Waals surface area contributed by atoms with Crippen molar-refractivity contribution >= 4 is 11.9 Å². The Morgan fingerprint density at radius 3 is 2.03 bits per heavy atom. The van der Waals surface area contributed by atoms with Crippen LogP contribution in [0.2, 0.25) is 0 Å². The summed E-state index contributed by atoms with van der Waals surface area (Å²) >= 11 is 0. The minimum Gasteiger partial charge on any atom is -0.467 e. The molecule has 152 valence electrons. The topological polar surface area (TPSA) is 55.4 Å². The number of methoxy groups -OCH3 is 1. The number of amides is 1. The van der Waals surface area contributed by atoms with Crippen molar-refractivity contribution in [2.45, 2.75) is 31.2 Å². The summed E-state index contributed by atoms with van der Waals surface area (Å²) in [5, 5.41) is 2.96. The van der Waals surface area contributed by atoms with Crippen LogP contribution in [0, 0.1) is 0 Å². The average molecular weight is 399 g/mol. The van der Waals surface area contributed by atoms with Gasteiger partial charge in [-0.3, -0.25) is 4.79 Å². The van der Waals surface area contributed by atoms with Crippen molar-refractivity contribution in [3.63, 3.8) is 0 Å². The zero-order chi connectivity index (χ0) is 20.9. The molecule has 1 aliphatic carbocycles. The summed E-state index contributed by atoms with van der Waals surface area (Å²) in [5.74, 6) is -0.989. The van der Waals surface area contributed by atoms with Crippen LogP contribution in [0.15, 0.2) is 78.9 Å². The van der Waals surface area contributed by atoms with Gasteiger partial charge >= 0.3 is 5.97 Å². The molecule has 0 fully saturated rings. The van der Waals surface area contributed by atoms with Crippen LogP contribution in [0.4, 0.5) is 0 Å². The van der Waals surface area contributed by atoms with Crippen molar-refractivity contribution in [3.05, 3.63) is 95.6 Å². The van der Waals surface area contributed by atoms with Crippen LogP contribution in [-0.4, -0.2) is 25.0 Å². The highest BCUT2D eigenvalue weighted by Crippen LogP contribution is 2.44. The van der Waals surface area contributed by atoms with Crippen LogP contribution >= 0.6 is 0 Å². The van der Waals surface area contributed by atoms with Gasteiger partial charge in [0.1, 0.15) is 6.04 Å². The molecule has 4 heteroatoms. The predicted molar refractivity (Wildman–Crippen MR) is 117 cm³/mol. The van der Waals surface area contributed by atoms with Crippen molar-refractivity contribution < 1.29 is 14.3 Å². The molecule has 1 atom stereocenters. The van der Waals surface area contributed by atoms with Gasteiger partial charge < -0.3 is 10.1 Å². The highest BCUT2D eigenvalue weighted by atomic mass is 16.5. The van der Waals surface area contributed by atoms with Gasteiger partial charge in [-0.15, -0.1) is 0 Å². The number of ether oxygens (including phenoxy) is 1. The maximum Gasteiger partial charge on any atom is 0.328 e. The number of benzene rings is 3. The Labute approximate surface area is 176 Å². The summed E-state index contributed by atoms with van der Waals surface area (Å²) < 4.78 is 4.96. The molecular weight excluding hydrogens is 374 g/mol. The van der Waals surface area contributed by atoms with E-state index in [0.717, 1.165) is 35.1 Å². The van der Waals surface area contributed by atoms with Crippen LogP contribution in [0.5, 0.6) is 0 Å². The van der Waals surface area contributed by atoms with E-state index in [9.17, 15) is 9.59 Å². The first-order valence-corrected chi connectivity index (χ1v) is 10.3. The van der Waals surface area contributed by atoms with Gasteiger partial charge in [-0.2, -0.15) is 0 Å². The fourth-order valence-electron chi connectivity index (χ4n) is 4.24. The van der Waals surface area contributed by atoms with Crippen molar-refractivity contribution in [3.8, 4) is 11.1 Å². The number of hydrogen-bond acceptors (Lipinski definition) is 3. The molecular formula is C26H25NO3. The number of fused-ring (bicyclic) bond motifs is 3. The minimum absolute atomic E-state index is 0.164. The molecule has 3 aromatic rings. The number of hydrogen-bond donors (Lipinski definition) is 1. The molecule has 4 rings (SSSR count).